The van der Waals surface area contributed by atoms with Gasteiger partial charge in [0, 0.05) is 53.9 Å². The highest BCUT2D eigenvalue weighted by molar-refractivity contribution is 7.97. The first-order valence-electron chi connectivity index (χ1n) is 8.87. The van der Waals surface area contributed by atoms with Crippen molar-refractivity contribution in [3.63, 3.8) is 0 Å². The molecule has 0 aromatic carbocycles. The third-order valence-electron chi connectivity index (χ3n) is 4.89. The zero-order valence-electron chi connectivity index (χ0n) is 15.0. The van der Waals surface area contributed by atoms with E-state index in [1.807, 2.05) is 35.1 Å². The van der Waals surface area contributed by atoms with Gasteiger partial charge in [0.05, 0.1) is 24.3 Å². The molecular weight excluding hydrogens is 358 g/mol. The minimum atomic E-state index is -0.301. The standard InChI is InChI=1S/C19H19N7S/c1-2-7-27-25-12-19(13-25,4-5-20)26-11-15(10-24-26)17-14(8-21)9-23-18-16(17)3-6-22-18/h3,6,9-11H,2,4,7,12-13H2,1H3,(H,22,23). The number of H-pyrrole nitrogens is 1. The van der Waals surface area contributed by atoms with E-state index in [0.29, 0.717) is 12.0 Å². The summed E-state index contributed by atoms with van der Waals surface area (Å²) in [5.41, 5.74) is 2.67. The number of hydrogen-bond acceptors (Lipinski definition) is 6. The molecule has 0 bridgehead atoms. The fourth-order valence-corrected chi connectivity index (χ4v) is 4.63. The van der Waals surface area contributed by atoms with E-state index in [9.17, 15) is 10.5 Å². The third-order valence-corrected chi connectivity index (χ3v) is 6.11. The van der Waals surface area contributed by atoms with Crippen LogP contribution >= 0.6 is 11.9 Å². The lowest BCUT2D eigenvalue weighted by molar-refractivity contribution is 0.0811. The second kappa shape index (κ2) is 7.07. The van der Waals surface area contributed by atoms with Crippen molar-refractivity contribution < 1.29 is 0 Å². The molecule has 0 radical (unpaired) electrons. The van der Waals surface area contributed by atoms with Crippen LogP contribution in [0.4, 0.5) is 0 Å². The summed E-state index contributed by atoms with van der Waals surface area (Å²) < 4.78 is 4.20. The molecule has 3 aromatic rings. The Labute approximate surface area is 161 Å². The molecule has 3 aromatic heterocycles. The highest BCUT2D eigenvalue weighted by Crippen LogP contribution is 2.38. The van der Waals surface area contributed by atoms with Gasteiger partial charge >= 0.3 is 0 Å². The molecule has 0 unspecified atom stereocenters. The van der Waals surface area contributed by atoms with Crippen LogP contribution in [-0.2, 0) is 5.54 Å². The fraction of sp³-hybridized carbons (Fsp3) is 0.368. The van der Waals surface area contributed by atoms with E-state index in [2.05, 4.69) is 38.4 Å². The number of nitrogens with one attached hydrogen (secondary N) is 1. The molecule has 4 rings (SSSR count). The summed E-state index contributed by atoms with van der Waals surface area (Å²) in [5.74, 6) is 1.08. The maximum Gasteiger partial charge on any atom is 0.137 e. The van der Waals surface area contributed by atoms with Crippen LogP contribution in [0.3, 0.4) is 0 Å². The number of fused-ring (bicyclic) bond motifs is 1. The molecular formula is C19H19N7S. The molecule has 0 atom stereocenters. The Balaban J connectivity index is 1.69. The Morgan fingerprint density at radius 1 is 1.33 bits per heavy atom. The molecule has 136 valence electrons. The number of hydrogen-bond donors (Lipinski definition) is 1. The first-order valence-corrected chi connectivity index (χ1v) is 9.81. The largest absolute Gasteiger partial charge is 0.346 e. The Morgan fingerprint density at radius 2 is 2.19 bits per heavy atom. The highest BCUT2D eigenvalue weighted by Gasteiger charge is 2.45. The van der Waals surface area contributed by atoms with Crippen LogP contribution in [0.5, 0.6) is 0 Å². The molecule has 0 amide bonds. The maximum absolute atomic E-state index is 9.52. The predicted molar refractivity (Wildman–Crippen MR) is 105 cm³/mol. The second-order valence-corrected chi connectivity index (χ2v) is 7.95. The number of aromatic amines is 1. The van der Waals surface area contributed by atoms with Gasteiger partial charge in [-0.1, -0.05) is 18.9 Å². The summed E-state index contributed by atoms with van der Waals surface area (Å²) in [5, 5.41) is 24.3. The van der Waals surface area contributed by atoms with Crippen LogP contribution in [-0.4, -0.2) is 42.9 Å². The molecule has 4 heterocycles. The SMILES string of the molecule is CCCSN1CC(CC#N)(n2cc(-c3c(C#N)cnc4[nH]ccc34)cn2)C1. The second-order valence-electron chi connectivity index (χ2n) is 6.76. The molecule has 1 N–H and O–H groups in total. The minimum absolute atomic E-state index is 0.301. The van der Waals surface area contributed by atoms with E-state index in [4.69, 9.17) is 0 Å². The summed E-state index contributed by atoms with van der Waals surface area (Å²) >= 11 is 1.83. The van der Waals surface area contributed by atoms with E-state index >= 15 is 0 Å². The lowest BCUT2D eigenvalue weighted by Crippen LogP contribution is -2.60. The summed E-state index contributed by atoms with van der Waals surface area (Å²) in [6, 6.07) is 6.47. The minimum Gasteiger partial charge on any atom is -0.346 e. The van der Waals surface area contributed by atoms with Crippen molar-refractivity contribution in [2.75, 3.05) is 18.8 Å². The number of pyridine rings is 1. The van der Waals surface area contributed by atoms with Crippen molar-refractivity contribution in [2.45, 2.75) is 25.3 Å². The summed E-state index contributed by atoms with van der Waals surface area (Å²) in [6.45, 7) is 3.76. The fourth-order valence-electron chi connectivity index (χ4n) is 3.52. The molecule has 7 nitrogen and oxygen atoms in total. The van der Waals surface area contributed by atoms with Crippen molar-refractivity contribution in [3.05, 3.63) is 36.4 Å². The number of aromatic nitrogens is 4. The van der Waals surface area contributed by atoms with E-state index in [-0.39, 0.29) is 5.54 Å². The zero-order valence-corrected chi connectivity index (χ0v) is 15.8. The van der Waals surface area contributed by atoms with E-state index in [1.54, 1.807) is 12.4 Å². The molecule has 8 heteroatoms. The first kappa shape index (κ1) is 17.6. The van der Waals surface area contributed by atoms with Crippen LogP contribution in [0.25, 0.3) is 22.2 Å². The first-order chi connectivity index (χ1) is 13.2. The summed E-state index contributed by atoms with van der Waals surface area (Å²) in [7, 11) is 0. The smallest absolute Gasteiger partial charge is 0.137 e. The Kier molecular flexibility index (Phi) is 4.61. The quantitative estimate of drug-likeness (QED) is 0.662. The molecule has 1 aliphatic heterocycles. The van der Waals surface area contributed by atoms with Crippen LogP contribution in [0.1, 0.15) is 25.3 Å². The molecule has 1 saturated heterocycles. The van der Waals surface area contributed by atoms with Crippen LogP contribution in [0.15, 0.2) is 30.9 Å². The van der Waals surface area contributed by atoms with Gasteiger partial charge in [0.25, 0.3) is 0 Å². The van der Waals surface area contributed by atoms with Gasteiger partial charge in [0.15, 0.2) is 0 Å². The van der Waals surface area contributed by atoms with E-state index < -0.39 is 0 Å². The van der Waals surface area contributed by atoms with Gasteiger partial charge in [-0.15, -0.1) is 0 Å². The number of nitrogens with zero attached hydrogens (tertiary/aromatic N) is 6. The third kappa shape index (κ3) is 2.97. The molecule has 1 aliphatic rings. The van der Waals surface area contributed by atoms with E-state index in [1.165, 1.54) is 0 Å². The van der Waals surface area contributed by atoms with Crippen LogP contribution < -0.4 is 0 Å². The molecule has 0 saturated carbocycles. The maximum atomic E-state index is 9.52. The van der Waals surface area contributed by atoms with Gasteiger partial charge in [-0.25, -0.2) is 9.29 Å². The predicted octanol–water partition coefficient (Wildman–Crippen LogP) is 3.28. The van der Waals surface area contributed by atoms with Crippen molar-refractivity contribution in [1.29, 1.82) is 10.5 Å². The summed E-state index contributed by atoms with van der Waals surface area (Å²) in [6.07, 6.45) is 8.69. The molecule has 1 fully saturated rings. The number of nitriles is 2. The van der Waals surface area contributed by atoms with Crippen molar-refractivity contribution in [2.24, 2.45) is 0 Å². The zero-order chi connectivity index (χ0) is 18.9. The van der Waals surface area contributed by atoms with Crippen molar-refractivity contribution >= 4 is 23.0 Å². The Morgan fingerprint density at radius 3 is 2.93 bits per heavy atom. The Hall–Kier alpha value is -2.81. The monoisotopic (exact) mass is 377 g/mol. The lowest BCUT2D eigenvalue weighted by Gasteiger charge is -2.48. The molecule has 0 spiro atoms. The van der Waals surface area contributed by atoms with Gasteiger partial charge in [-0.3, -0.25) is 4.68 Å². The van der Waals surface area contributed by atoms with Gasteiger partial charge in [-0.2, -0.15) is 15.6 Å². The van der Waals surface area contributed by atoms with Crippen LogP contribution in [0, 0.1) is 22.7 Å². The number of rotatable bonds is 6. The van der Waals surface area contributed by atoms with Gasteiger partial charge in [0.2, 0.25) is 0 Å². The highest BCUT2D eigenvalue weighted by atomic mass is 32.2. The molecule has 27 heavy (non-hydrogen) atoms. The average molecular weight is 377 g/mol. The van der Waals surface area contributed by atoms with Gasteiger partial charge in [-0.05, 0) is 12.5 Å². The topological polar surface area (TPSA) is 97.3 Å². The van der Waals surface area contributed by atoms with Crippen molar-refractivity contribution in [1.82, 2.24) is 24.1 Å². The van der Waals surface area contributed by atoms with E-state index in [0.717, 1.165) is 47.4 Å². The van der Waals surface area contributed by atoms with Crippen molar-refractivity contribution in [3.8, 4) is 23.3 Å². The normalized spacial score (nSPS) is 16.0. The average Bonchev–Trinajstić information content (AvgIpc) is 3.31. The van der Waals surface area contributed by atoms with Crippen LogP contribution in [0.2, 0.25) is 0 Å². The Bertz CT molecular complexity index is 1050. The van der Waals surface area contributed by atoms with Gasteiger partial charge < -0.3 is 4.98 Å². The lowest BCUT2D eigenvalue weighted by atomic mass is 9.89. The van der Waals surface area contributed by atoms with Gasteiger partial charge in [0.1, 0.15) is 17.3 Å². The summed E-state index contributed by atoms with van der Waals surface area (Å²) in [4.78, 5) is 7.38. The molecule has 0 aliphatic carbocycles.